The average molecular weight is 392 g/mol. The van der Waals surface area contributed by atoms with Crippen molar-refractivity contribution in [1.29, 1.82) is 0 Å². The Hall–Kier alpha value is -3.07. The second-order valence-corrected chi connectivity index (χ2v) is 7.25. The van der Waals surface area contributed by atoms with Crippen LogP contribution < -0.4 is 14.2 Å². The van der Waals surface area contributed by atoms with E-state index < -0.39 is 15.8 Å². The number of halogens is 1. The Morgan fingerprint density at radius 3 is 2.26 bits per heavy atom. The standard InChI is InChI=1S/C18H17FN2O5S/c1-11-20-16(10-26-11)12-4-6-13(7-5-12)27(22,23)21-15-9-18(25-3)17(24-2)8-14(15)19/h4-10,21H,1-3H3. The lowest BCUT2D eigenvalue weighted by molar-refractivity contribution is 0.353. The molecule has 0 unspecified atom stereocenters. The van der Waals surface area contributed by atoms with Crippen molar-refractivity contribution in [1.82, 2.24) is 4.98 Å². The van der Waals surface area contributed by atoms with Crippen molar-refractivity contribution in [3.63, 3.8) is 0 Å². The normalized spacial score (nSPS) is 11.3. The number of anilines is 1. The molecule has 27 heavy (non-hydrogen) atoms. The smallest absolute Gasteiger partial charge is 0.261 e. The number of aryl methyl sites for hydroxylation is 1. The Kier molecular flexibility index (Phi) is 5.04. The second kappa shape index (κ2) is 7.28. The minimum absolute atomic E-state index is 0.0272. The molecule has 0 saturated carbocycles. The summed E-state index contributed by atoms with van der Waals surface area (Å²) >= 11 is 0. The van der Waals surface area contributed by atoms with Gasteiger partial charge in [0, 0.05) is 24.6 Å². The summed E-state index contributed by atoms with van der Waals surface area (Å²) in [7, 11) is -1.27. The summed E-state index contributed by atoms with van der Waals surface area (Å²) in [5.41, 5.74) is 1.04. The molecular weight excluding hydrogens is 375 g/mol. The van der Waals surface area contributed by atoms with Crippen LogP contribution in [0.3, 0.4) is 0 Å². The van der Waals surface area contributed by atoms with Crippen LogP contribution in [-0.2, 0) is 10.0 Å². The minimum atomic E-state index is -4.00. The molecule has 0 aliphatic carbocycles. The number of rotatable bonds is 6. The van der Waals surface area contributed by atoms with Crippen LogP contribution in [0.25, 0.3) is 11.3 Å². The van der Waals surface area contributed by atoms with E-state index in [1.54, 1.807) is 19.1 Å². The van der Waals surface area contributed by atoms with E-state index in [-0.39, 0.29) is 22.1 Å². The van der Waals surface area contributed by atoms with Crippen molar-refractivity contribution >= 4 is 15.7 Å². The van der Waals surface area contributed by atoms with Gasteiger partial charge in [-0.1, -0.05) is 12.1 Å². The first kappa shape index (κ1) is 18.7. The molecule has 142 valence electrons. The van der Waals surface area contributed by atoms with E-state index in [2.05, 4.69) is 9.71 Å². The largest absolute Gasteiger partial charge is 0.493 e. The van der Waals surface area contributed by atoms with E-state index >= 15 is 0 Å². The highest BCUT2D eigenvalue weighted by molar-refractivity contribution is 7.92. The zero-order valence-corrected chi connectivity index (χ0v) is 15.6. The van der Waals surface area contributed by atoms with Crippen LogP contribution in [0.2, 0.25) is 0 Å². The fraction of sp³-hybridized carbons (Fsp3) is 0.167. The van der Waals surface area contributed by atoms with Gasteiger partial charge in [-0.05, 0) is 12.1 Å². The maximum Gasteiger partial charge on any atom is 0.261 e. The van der Waals surface area contributed by atoms with Gasteiger partial charge in [-0.25, -0.2) is 17.8 Å². The van der Waals surface area contributed by atoms with Gasteiger partial charge < -0.3 is 13.9 Å². The molecule has 0 aliphatic heterocycles. The first-order valence-electron chi connectivity index (χ1n) is 7.81. The number of sulfonamides is 1. The summed E-state index contributed by atoms with van der Waals surface area (Å²) in [4.78, 5) is 4.15. The molecule has 1 N–H and O–H groups in total. The Balaban J connectivity index is 1.89. The first-order valence-corrected chi connectivity index (χ1v) is 9.29. The Morgan fingerprint density at radius 1 is 1.07 bits per heavy atom. The number of aromatic nitrogens is 1. The topological polar surface area (TPSA) is 90.7 Å². The van der Waals surface area contributed by atoms with Crippen molar-refractivity contribution in [2.45, 2.75) is 11.8 Å². The molecule has 9 heteroatoms. The molecule has 0 radical (unpaired) electrons. The molecule has 2 aromatic carbocycles. The predicted octanol–water partition coefficient (Wildman–Crippen LogP) is 3.61. The number of hydrogen-bond donors (Lipinski definition) is 1. The zero-order chi connectivity index (χ0) is 19.6. The van der Waals surface area contributed by atoms with Gasteiger partial charge in [0.15, 0.2) is 23.2 Å². The highest BCUT2D eigenvalue weighted by atomic mass is 32.2. The third kappa shape index (κ3) is 3.87. The third-order valence-electron chi connectivity index (χ3n) is 3.80. The van der Waals surface area contributed by atoms with Gasteiger partial charge >= 0.3 is 0 Å². The van der Waals surface area contributed by atoms with E-state index in [0.29, 0.717) is 17.1 Å². The highest BCUT2D eigenvalue weighted by Crippen LogP contribution is 2.33. The van der Waals surface area contributed by atoms with E-state index in [1.165, 1.54) is 38.7 Å². The fourth-order valence-corrected chi connectivity index (χ4v) is 3.50. The van der Waals surface area contributed by atoms with E-state index in [9.17, 15) is 12.8 Å². The van der Waals surface area contributed by atoms with Crippen LogP contribution in [0.5, 0.6) is 11.5 Å². The molecule has 0 atom stereocenters. The number of nitrogens with one attached hydrogen (secondary N) is 1. The maximum atomic E-state index is 14.2. The van der Waals surface area contributed by atoms with Crippen LogP contribution in [0.15, 0.2) is 52.0 Å². The molecule has 7 nitrogen and oxygen atoms in total. The Bertz CT molecular complexity index is 1060. The first-order chi connectivity index (χ1) is 12.8. The van der Waals surface area contributed by atoms with Gasteiger partial charge in [0.05, 0.1) is 24.8 Å². The van der Waals surface area contributed by atoms with Crippen LogP contribution in [-0.4, -0.2) is 27.6 Å². The van der Waals surface area contributed by atoms with Gasteiger partial charge in [0.25, 0.3) is 10.0 Å². The molecule has 0 bridgehead atoms. The van der Waals surface area contributed by atoms with E-state index in [4.69, 9.17) is 13.9 Å². The predicted molar refractivity (Wildman–Crippen MR) is 97.0 cm³/mol. The van der Waals surface area contributed by atoms with E-state index in [0.717, 1.165) is 6.07 Å². The summed E-state index contributed by atoms with van der Waals surface area (Å²) in [6.45, 7) is 1.71. The molecular formula is C18H17FN2O5S. The highest BCUT2D eigenvalue weighted by Gasteiger charge is 2.19. The van der Waals surface area contributed by atoms with Crippen molar-refractivity contribution in [3.8, 4) is 22.8 Å². The van der Waals surface area contributed by atoms with Crippen LogP contribution in [0, 0.1) is 12.7 Å². The van der Waals surface area contributed by atoms with Crippen molar-refractivity contribution in [2.75, 3.05) is 18.9 Å². The molecule has 0 spiro atoms. The molecule has 0 aliphatic rings. The van der Waals surface area contributed by atoms with Crippen LogP contribution >= 0.6 is 0 Å². The fourth-order valence-electron chi connectivity index (χ4n) is 2.44. The molecule has 1 heterocycles. The molecule has 0 saturated heterocycles. The molecule has 1 aromatic heterocycles. The maximum absolute atomic E-state index is 14.2. The van der Waals surface area contributed by atoms with Gasteiger partial charge in [0.1, 0.15) is 12.0 Å². The molecule has 0 fully saturated rings. The Morgan fingerprint density at radius 2 is 1.70 bits per heavy atom. The number of ether oxygens (including phenoxy) is 2. The minimum Gasteiger partial charge on any atom is -0.493 e. The summed E-state index contributed by atoms with van der Waals surface area (Å²) in [5, 5.41) is 0. The molecule has 3 rings (SSSR count). The number of nitrogens with zero attached hydrogens (tertiary/aromatic N) is 1. The zero-order valence-electron chi connectivity index (χ0n) is 14.8. The van der Waals surface area contributed by atoms with Crippen molar-refractivity contribution in [3.05, 3.63) is 54.4 Å². The number of benzene rings is 2. The number of methoxy groups -OCH3 is 2. The number of oxazole rings is 1. The van der Waals surface area contributed by atoms with Crippen molar-refractivity contribution < 1.29 is 26.7 Å². The summed E-state index contributed by atoms with van der Waals surface area (Å²) < 4.78 is 56.8. The average Bonchev–Trinajstić information content (AvgIpc) is 3.09. The quantitative estimate of drug-likeness (QED) is 0.689. The van der Waals surface area contributed by atoms with Crippen LogP contribution in [0.4, 0.5) is 10.1 Å². The lowest BCUT2D eigenvalue weighted by atomic mass is 10.2. The summed E-state index contributed by atoms with van der Waals surface area (Å²) in [6, 6.07) is 8.26. The van der Waals surface area contributed by atoms with Gasteiger partial charge in [0.2, 0.25) is 0 Å². The lowest BCUT2D eigenvalue weighted by Crippen LogP contribution is -2.14. The molecule has 0 amide bonds. The van der Waals surface area contributed by atoms with Gasteiger partial charge in [-0.3, -0.25) is 4.72 Å². The SMILES string of the molecule is COc1cc(F)c(NS(=O)(=O)c2ccc(-c3coc(C)n3)cc2)cc1OC. The van der Waals surface area contributed by atoms with Gasteiger partial charge in [-0.15, -0.1) is 0 Å². The summed E-state index contributed by atoms with van der Waals surface area (Å²) in [5.74, 6) is 0.0803. The van der Waals surface area contributed by atoms with Crippen molar-refractivity contribution in [2.24, 2.45) is 0 Å². The molecule has 3 aromatic rings. The lowest BCUT2D eigenvalue weighted by Gasteiger charge is -2.13. The second-order valence-electron chi connectivity index (χ2n) is 5.57. The Labute approximate surface area is 155 Å². The number of hydrogen-bond acceptors (Lipinski definition) is 6. The monoisotopic (exact) mass is 392 g/mol. The van der Waals surface area contributed by atoms with Gasteiger partial charge in [-0.2, -0.15) is 0 Å². The summed E-state index contributed by atoms with van der Waals surface area (Å²) in [6.07, 6.45) is 1.48. The van der Waals surface area contributed by atoms with E-state index in [1.807, 2.05) is 0 Å². The third-order valence-corrected chi connectivity index (χ3v) is 5.18. The van der Waals surface area contributed by atoms with Crippen LogP contribution in [0.1, 0.15) is 5.89 Å².